The highest BCUT2D eigenvalue weighted by atomic mass is 16.5. The van der Waals surface area contributed by atoms with Crippen molar-refractivity contribution in [2.24, 2.45) is 5.73 Å². The van der Waals surface area contributed by atoms with Crippen LogP contribution in [-0.2, 0) is 0 Å². The molecule has 0 fully saturated rings. The maximum atomic E-state index is 5.61. The number of ether oxygens (including phenoxy) is 1. The first-order valence-electron chi connectivity index (χ1n) is 4.99. The molecular weight excluding hydrogens is 188 g/mol. The van der Waals surface area contributed by atoms with Crippen LogP contribution in [0.2, 0.25) is 0 Å². The summed E-state index contributed by atoms with van der Waals surface area (Å²) in [6, 6.07) is 9.86. The van der Waals surface area contributed by atoms with Crippen LogP contribution in [0, 0.1) is 0 Å². The standard InChI is InChI=1S/C12H14N2O/c1-9(13)8-15-11-5-4-10-3-2-6-14-12(10)7-11/h2-7,9H,8,13H2,1H3/t9-/m0/s1. The van der Waals surface area contributed by atoms with Crippen molar-refractivity contribution in [3.8, 4) is 5.75 Å². The molecule has 3 heteroatoms. The number of nitrogens with two attached hydrogens (primary N) is 1. The number of hydrogen-bond donors (Lipinski definition) is 1. The van der Waals surface area contributed by atoms with E-state index >= 15 is 0 Å². The molecular formula is C12H14N2O. The minimum atomic E-state index is 0.0458. The molecule has 0 saturated heterocycles. The van der Waals surface area contributed by atoms with Gasteiger partial charge in [0.05, 0.1) is 5.52 Å². The third-order valence-corrected chi connectivity index (χ3v) is 2.09. The quantitative estimate of drug-likeness (QED) is 0.827. The molecule has 0 spiro atoms. The van der Waals surface area contributed by atoms with Crippen molar-refractivity contribution in [3.63, 3.8) is 0 Å². The second-order valence-corrected chi connectivity index (χ2v) is 3.65. The van der Waals surface area contributed by atoms with Crippen LogP contribution in [0.3, 0.4) is 0 Å². The summed E-state index contributed by atoms with van der Waals surface area (Å²) in [6.45, 7) is 2.44. The molecule has 0 aliphatic heterocycles. The SMILES string of the molecule is C[C@H](N)COc1ccc2cccnc2c1. The molecule has 3 nitrogen and oxygen atoms in total. The van der Waals surface area contributed by atoms with Gasteiger partial charge >= 0.3 is 0 Å². The Hall–Kier alpha value is -1.61. The summed E-state index contributed by atoms with van der Waals surface area (Å²) < 4.78 is 5.51. The van der Waals surface area contributed by atoms with E-state index in [0.717, 1.165) is 16.7 Å². The maximum Gasteiger partial charge on any atom is 0.121 e. The highest BCUT2D eigenvalue weighted by Crippen LogP contribution is 2.18. The molecule has 0 amide bonds. The first-order valence-corrected chi connectivity index (χ1v) is 4.99. The van der Waals surface area contributed by atoms with Gasteiger partial charge in [-0.1, -0.05) is 6.07 Å². The van der Waals surface area contributed by atoms with Gasteiger partial charge in [-0.05, 0) is 25.1 Å². The van der Waals surface area contributed by atoms with E-state index in [1.54, 1.807) is 6.20 Å². The van der Waals surface area contributed by atoms with Crippen LogP contribution in [0.25, 0.3) is 10.9 Å². The summed E-state index contributed by atoms with van der Waals surface area (Å²) in [4.78, 5) is 4.26. The van der Waals surface area contributed by atoms with Crippen molar-refractivity contribution in [1.29, 1.82) is 0 Å². The van der Waals surface area contributed by atoms with Crippen molar-refractivity contribution in [3.05, 3.63) is 36.5 Å². The molecule has 0 radical (unpaired) electrons. The zero-order valence-electron chi connectivity index (χ0n) is 8.68. The molecule has 0 aliphatic rings. The van der Waals surface area contributed by atoms with E-state index in [2.05, 4.69) is 4.98 Å². The van der Waals surface area contributed by atoms with Crippen LogP contribution in [0.4, 0.5) is 0 Å². The van der Waals surface area contributed by atoms with Gasteiger partial charge in [-0.3, -0.25) is 4.98 Å². The van der Waals surface area contributed by atoms with Crippen LogP contribution >= 0.6 is 0 Å². The molecule has 0 saturated carbocycles. The van der Waals surface area contributed by atoms with Crippen molar-refractivity contribution in [2.75, 3.05) is 6.61 Å². The van der Waals surface area contributed by atoms with Crippen molar-refractivity contribution in [1.82, 2.24) is 4.98 Å². The summed E-state index contributed by atoms with van der Waals surface area (Å²) >= 11 is 0. The molecule has 1 atom stereocenters. The molecule has 0 bridgehead atoms. The van der Waals surface area contributed by atoms with Gasteiger partial charge in [0.1, 0.15) is 12.4 Å². The van der Waals surface area contributed by atoms with Crippen molar-refractivity contribution in [2.45, 2.75) is 13.0 Å². The number of rotatable bonds is 3. The third-order valence-electron chi connectivity index (χ3n) is 2.09. The number of nitrogens with zero attached hydrogens (tertiary/aromatic N) is 1. The molecule has 0 unspecified atom stereocenters. The second kappa shape index (κ2) is 4.28. The largest absolute Gasteiger partial charge is 0.492 e. The first kappa shape index (κ1) is 9.93. The number of hydrogen-bond acceptors (Lipinski definition) is 3. The van der Waals surface area contributed by atoms with Gasteiger partial charge in [0.2, 0.25) is 0 Å². The lowest BCUT2D eigenvalue weighted by Gasteiger charge is -2.08. The van der Waals surface area contributed by atoms with E-state index in [4.69, 9.17) is 10.5 Å². The smallest absolute Gasteiger partial charge is 0.121 e. The molecule has 1 aromatic heterocycles. The molecule has 1 heterocycles. The summed E-state index contributed by atoms with van der Waals surface area (Å²) in [5.41, 5.74) is 6.56. The average molecular weight is 202 g/mol. The van der Waals surface area contributed by atoms with E-state index in [0.29, 0.717) is 6.61 Å². The predicted molar refractivity (Wildman–Crippen MR) is 60.9 cm³/mol. The highest BCUT2D eigenvalue weighted by molar-refractivity contribution is 5.79. The summed E-state index contributed by atoms with van der Waals surface area (Å²) in [7, 11) is 0. The van der Waals surface area contributed by atoms with Gasteiger partial charge < -0.3 is 10.5 Å². The Labute approximate surface area is 88.9 Å². The Balaban J connectivity index is 2.23. The molecule has 0 aliphatic carbocycles. The third kappa shape index (κ3) is 2.44. The number of aromatic nitrogens is 1. The topological polar surface area (TPSA) is 48.1 Å². The molecule has 2 N–H and O–H groups in total. The Morgan fingerprint density at radius 3 is 3.07 bits per heavy atom. The Morgan fingerprint density at radius 1 is 1.40 bits per heavy atom. The van der Waals surface area contributed by atoms with Gasteiger partial charge in [-0.25, -0.2) is 0 Å². The fourth-order valence-electron chi connectivity index (χ4n) is 1.36. The Kier molecular flexibility index (Phi) is 2.83. The minimum absolute atomic E-state index is 0.0458. The zero-order chi connectivity index (χ0) is 10.7. The van der Waals surface area contributed by atoms with Crippen LogP contribution in [0.5, 0.6) is 5.75 Å². The lowest BCUT2D eigenvalue weighted by atomic mass is 10.2. The first-order chi connectivity index (χ1) is 7.25. The van der Waals surface area contributed by atoms with E-state index in [1.165, 1.54) is 0 Å². The van der Waals surface area contributed by atoms with Gasteiger partial charge in [-0.15, -0.1) is 0 Å². The highest BCUT2D eigenvalue weighted by Gasteiger charge is 1.99. The fourth-order valence-corrected chi connectivity index (χ4v) is 1.36. The van der Waals surface area contributed by atoms with E-state index < -0.39 is 0 Å². The van der Waals surface area contributed by atoms with E-state index in [-0.39, 0.29) is 6.04 Å². The fraction of sp³-hybridized carbons (Fsp3) is 0.250. The molecule has 2 aromatic rings. The molecule has 1 aromatic carbocycles. The number of benzene rings is 1. The van der Waals surface area contributed by atoms with Gasteiger partial charge in [-0.2, -0.15) is 0 Å². The van der Waals surface area contributed by atoms with Crippen LogP contribution in [0.15, 0.2) is 36.5 Å². The van der Waals surface area contributed by atoms with Crippen LogP contribution < -0.4 is 10.5 Å². The molecule has 15 heavy (non-hydrogen) atoms. The number of pyridine rings is 1. The van der Waals surface area contributed by atoms with Crippen molar-refractivity contribution < 1.29 is 4.74 Å². The van der Waals surface area contributed by atoms with E-state index in [1.807, 2.05) is 37.3 Å². The molecule has 78 valence electrons. The minimum Gasteiger partial charge on any atom is -0.492 e. The predicted octanol–water partition coefficient (Wildman–Crippen LogP) is 1.96. The maximum absolute atomic E-state index is 5.61. The zero-order valence-corrected chi connectivity index (χ0v) is 8.68. The van der Waals surface area contributed by atoms with Crippen LogP contribution in [0.1, 0.15) is 6.92 Å². The van der Waals surface area contributed by atoms with Crippen molar-refractivity contribution >= 4 is 10.9 Å². The average Bonchev–Trinajstić information content (AvgIpc) is 2.26. The van der Waals surface area contributed by atoms with Gasteiger partial charge in [0.15, 0.2) is 0 Å². The Morgan fingerprint density at radius 2 is 2.27 bits per heavy atom. The monoisotopic (exact) mass is 202 g/mol. The second-order valence-electron chi connectivity index (χ2n) is 3.65. The van der Waals surface area contributed by atoms with Gasteiger partial charge in [0, 0.05) is 23.7 Å². The Bertz CT molecular complexity index is 454. The lowest BCUT2D eigenvalue weighted by Crippen LogP contribution is -2.23. The summed E-state index contributed by atoms with van der Waals surface area (Å²) in [5.74, 6) is 0.818. The number of fused-ring (bicyclic) bond motifs is 1. The normalized spacial score (nSPS) is 12.7. The summed E-state index contributed by atoms with van der Waals surface area (Å²) in [6.07, 6.45) is 1.78. The van der Waals surface area contributed by atoms with E-state index in [9.17, 15) is 0 Å². The summed E-state index contributed by atoms with van der Waals surface area (Å²) in [5, 5.41) is 1.12. The van der Waals surface area contributed by atoms with Crippen LogP contribution in [-0.4, -0.2) is 17.6 Å². The molecule has 2 rings (SSSR count). The van der Waals surface area contributed by atoms with Gasteiger partial charge in [0.25, 0.3) is 0 Å². The lowest BCUT2D eigenvalue weighted by molar-refractivity contribution is 0.296.